The summed E-state index contributed by atoms with van der Waals surface area (Å²) >= 11 is 0. The summed E-state index contributed by atoms with van der Waals surface area (Å²) < 4.78 is 45.6. The zero-order valence-electron chi connectivity index (χ0n) is 30.6. The number of esters is 4. The molecule has 4 saturated heterocycles. The van der Waals surface area contributed by atoms with Crippen molar-refractivity contribution in [2.45, 2.75) is 76.5 Å². The molecule has 8 atom stereocenters. The molecule has 4 aliphatic rings. The van der Waals surface area contributed by atoms with Crippen LogP contribution in [0, 0.1) is 0 Å². The van der Waals surface area contributed by atoms with Gasteiger partial charge in [0.25, 0.3) is 0 Å². The van der Waals surface area contributed by atoms with E-state index in [0.29, 0.717) is 0 Å². The van der Waals surface area contributed by atoms with Gasteiger partial charge in [-0.15, -0.1) is 0 Å². The summed E-state index contributed by atoms with van der Waals surface area (Å²) in [6, 6.07) is 11.0. The number of carbonyl (C=O) groups is 4. The number of benzene rings is 3. The molecule has 0 spiro atoms. The number of ether oxygens (including phenoxy) is 8. The van der Waals surface area contributed by atoms with Crippen LogP contribution >= 0.6 is 0 Å². The molecule has 0 radical (unpaired) electrons. The van der Waals surface area contributed by atoms with Gasteiger partial charge in [-0.2, -0.15) is 0 Å². The molecule has 0 aromatic heterocycles. The average Bonchev–Trinajstić information content (AvgIpc) is 4.06. The standard InChI is InChI=1S/C42H38O14/c1-21-29(49-21)13-17-33(45)53-39-37(25-5-9-27(43)10-6-25)41(55-35(47)19-15-31-23(3)51-31)42(56-36(48)20-16-32-24(4)52-32)38(26-7-11-28(44)12-8-26)40(39)54-34(46)18-14-30-22(2)50-30/h5-24,29-32,43-44H,1-4H3/b17-13-,18-14-,19-15-,20-16-/t21-,22-,23-,24-,29+,30+,31+,32+/m0/s1. The van der Waals surface area contributed by atoms with Crippen molar-refractivity contribution < 1.29 is 67.3 Å². The van der Waals surface area contributed by atoms with Crippen molar-refractivity contribution in [3.05, 3.63) is 97.1 Å². The molecule has 290 valence electrons. The quantitative estimate of drug-likeness (QED) is 0.0913. The van der Waals surface area contributed by atoms with E-state index in [4.69, 9.17) is 37.9 Å². The van der Waals surface area contributed by atoms with E-state index in [1.165, 1.54) is 72.8 Å². The Bertz CT molecular complexity index is 1890. The van der Waals surface area contributed by atoms with Crippen molar-refractivity contribution >= 4 is 23.9 Å². The maximum Gasteiger partial charge on any atom is 0.336 e. The number of epoxide rings is 4. The van der Waals surface area contributed by atoms with E-state index in [1.54, 1.807) is 0 Å². The largest absolute Gasteiger partial charge is 0.508 e. The van der Waals surface area contributed by atoms with Crippen LogP contribution in [0.4, 0.5) is 0 Å². The van der Waals surface area contributed by atoms with Gasteiger partial charge in [0, 0.05) is 24.3 Å². The summed E-state index contributed by atoms with van der Waals surface area (Å²) in [6.07, 6.45) is 8.75. The SMILES string of the molecule is C[C@@H]1O[C@@H]1/C=C\C(=O)Oc1c(OC(=O)/C=C\[C@H]2O[C@H]2C)c(-c2ccc(O)cc2)c(OC(=O)/C=C\[C@H]2O[C@H]2C)c(OC(=O)/C=C\[C@H]2O[C@H]2C)c1-c1ccc(O)cc1. The Morgan fingerprint density at radius 1 is 0.446 bits per heavy atom. The first-order valence-electron chi connectivity index (χ1n) is 17.9. The third kappa shape index (κ3) is 9.41. The van der Waals surface area contributed by atoms with Gasteiger partial charge >= 0.3 is 23.9 Å². The highest BCUT2D eigenvalue weighted by Gasteiger charge is 2.37. The second-order valence-corrected chi connectivity index (χ2v) is 13.5. The molecule has 0 amide bonds. The molecule has 0 bridgehead atoms. The minimum atomic E-state index is -0.930. The molecule has 0 saturated carbocycles. The Morgan fingerprint density at radius 2 is 0.661 bits per heavy atom. The smallest absolute Gasteiger partial charge is 0.336 e. The molecule has 4 heterocycles. The molecular formula is C42H38O14. The Balaban J connectivity index is 1.48. The van der Waals surface area contributed by atoms with Crippen LogP contribution in [-0.2, 0) is 38.1 Å². The predicted octanol–water partition coefficient (Wildman–Crippen LogP) is 5.43. The zero-order chi connectivity index (χ0) is 39.7. The average molecular weight is 767 g/mol. The van der Waals surface area contributed by atoms with Gasteiger partial charge in [-0.25, -0.2) is 19.2 Å². The lowest BCUT2D eigenvalue weighted by Gasteiger charge is -2.24. The van der Waals surface area contributed by atoms with Crippen molar-refractivity contribution in [3.8, 4) is 56.8 Å². The normalized spacial score (nSPS) is 26.1. The highest BCUT2D eigenvalue weighted by molar-refractivity contribution is 6.01. The molecule has 0 aliphatic carbocycles. The van der Waals surface area contributed by atoms with E-state index in [9.17, 15) is 29.4 Å². The van der Waals surface area contributed by atoms with Crippen LogP contribution in [0.3, 0.4) is 0 Å². The zero-order valence-corrected chi connectivity index (χ0v) is 30.6. The second-order valence-electron chi connectivity index (χ2n) is 13.5. The van der Waals surface area contributed by atoms with Gasteiger partial charge < -0.3 is 48.1 Å². The minimum Gasteiger partial charge on any atom is -0.508 e. The van der Waals surface area contributed by atoms with Crippen molar-refractivity contribution in [3.63, 3.8) is 0 Å². The first kappa shape index (κ1) is 38.2. The van der Waals surface area contributed by atoms with Crippen LogP contribution in [0.2, 0.25) is 0 Å². The summed E-state index contributed by atoms with van der Waals surface area (Å²) in [5, 5.41) is 20.5. The first-order valence-corrected chi connectivity index (χ1v) is 17.9. The van der Waals surface area contributed by atoms with Gasteiger partial charge in [0.05, 0.1) is 35.5 Å². The number of phenols is 2. The van der Waals surface area contributed by atoms with Crippen LogP contribution in [0.1, 0.15) is 27.7 Å². The van der Waals surface area contributed by atoms with Crippen LogP contribution < -0.4 is 18.9 Å². The predicted molar refractivity (Wildman–Crippen MR) is 197 cm³/mol. The Kier molecular flexibility index (Phi) is 10.9. The lowest BCUT2D eigenvalue weighted by molar-refractivity contribution is -0.132. The van der Waals surface area contributed by atoms with Gasteiger partial charge in [0.2, 0.25) is 0 Å². The molecule has 14 nitrogen and oxygen atoms in total. The van der Waals surface area contributed by atoms with Gasteiger partial charge in [0.1, 0.15) is 35.9 Å². The number of aromatic hydroxyl groups is 2. The monoisotopic (exact) mass is 766 g/mol. The molecule has 4 fully saturated rings. The van der Waals surface area contributed by atoms with E-state index in [-0.39, 0.29) is 82.6 Å². The summed E-state index contributed by atoms with van der Waals surface area (Å²) in [7, 11) is 0. The number of phenolic OH excluding ortho intramolecular Hbond substituents is 2. The number of hydrogen-bond donors (Lipinski definition) is 2. The summed E-state index contributed by atoms with van der Waals surface area (Å²) in [5.41, 5.74) is 0.0240. The van der Waals surface area contributed by atoms with Gasteiger partial charge in [-0.05, 0) is 87.4 Å². The fraction of sp³-hybridized carbons (Fsp3) is 0.286. The molecule has 7 rings (SSSR count). The highest BCUT2D eigenvalue weighted by Crippen LogP contribution is 2.57. The van der Waals surface area contributed by atoms with Crippen molar-refractivity contribution in [2.24, 2.45) is 0 Å². The van der Waals surface area contributed by atoms with E-state index in [0.717, 1.165) is 24.3 Å². The third-order valence-electron chi connectivity index (χ3n) is 9.16. The summed E-state index contributed by atoms with van der Waals surface area (Å²) in [6.45, 7) is 7.29. The molecule has 4 aliphatic heterocycles. The van der Waals surface area contributed by atoms with Crippen molar-refractivity contribution in [1.29, 1.82) is 0 Å². The van der Waals surface area contributed by atoms with Gasteiger partial charge in [-0.1, -0.05) is 24.3 Å². The fourth-order valence-electron chi connectivity index (χ4n) is 5.68. The maximum absolute atomic E-state index is 13.6. The second kappa shape index (κ2) is 16.0. The Hall–Kier alpha value is -6.06. The molecule has 14 heteroatoms. The van der Waals surface area contributed by atoms with E-state index < -0.39 is 46.9 Å². The molecule has 2 N–H and O–H groups in total. The fourth-order valence-corrected chi connectivity index (χ4v) is 5.68. The van der Waals surface area contributed by atoms with E-state index >= 15 is 0 Å². The van der Waals surface area contributed by atoms with Crippen LogP contribution in [-0.4, -0.2) is 82.9 Å². The number of carbonyl (C=O) groups excluding carboxylic acids is 4. The number of rotatable bonds is 14. The summed E-state index contributed by atoms with van der Waals surface area (Å²) in [4.78, 5) is 54.5. The lowest BCUT2D eigenvalue weighted by atomic mass is 9.94. The van der Waals surface area contributed by atoms with Crippen LogP contribution in [0.5, 0.6) is 34.5 Å². The topological polar surface area (TPSA) is 196 Å². The Morgan fingerprint density at radius 3 is 0.857 bits per heavy atom. The lowest BCUT2D eigenvalue weighted by Crippen LogP contribution is -2.16. The molecular weight excluding hydrogens is 728 g/mol. The highest BCUT2D eigenvalue weighted by atomic mass is 16.6. The summed E-state index contributed by atoms with van der Waals surface area (Å²) in [5.74, 6) is -5.65. The first-order chi connectivity index (χ1) is 26.8. The minimum absolute atomic E-state index is 0.116. The van der Waals surface area contributed by atoms with E-state index in [2.05, 4.69) is 0 Å². The third-order valence-corrected chi connectivity index (χ3v) is 9.16. The molecule has 0 unspecified atom stereocenters. The number of hydrogen-bond acceptors (Lipinski definition) is 14. The van der Waals surface area contributed by atoms with Crippen molar-refractivity contribution in [1.82, 2.24) is 0 Å². The van der Waals surface area contributed by atoms with Gasteiger partial charge in [0.15, 0.2) is 23.0 Å². The van der Waals surface area contributed by atoms with Crippen LogP contribution in [0.25, 0.3) is 22.3 Å². The molecule has 3 aromatic rings. The Labute approximate surface area is 321 Å². The molecule has 56 heavy (non-hydrogen) atoms. The maximum atomic E-state index is 13.6. The molecule has 3 aromatic carbocycles. The van der Waals surface area contributed by atoms with Gasteiger partial charge in [-0.3, -0.25) is 0 Å². The van der Waals surface area contributed by atoms with Crippen molar-refractivity contribution in [2.75, 3.05) is 0 Å². The van der Waals surface area contributed by atoms with Crippen LogP contribution in [0.15, 0.2) is 97.1 Å². The van der Waals surface area contributed by atoms with E-state index in [1.807, 2.05) is 27.7 Å².